The van der Waals surface area contributed by atoms with E-state index in [0.717, 1.165) is 31.2 Å². The minimum atomic E-state index is -0.353. The van der Waals surface area contributed by atoms with Crippen LogP contribution in [-0.4, -0.2) is 25.0 Å². The van der Waals surface area contributed by atoms with Gasteiger partial charge < -0.3 is 15.8 Å². The average Bonchev–Trinajstić information content (AvgIpc) is 2.76. The number of carbonyl (C=O) groups excluding carboxylic acids is 2. The number of aryl methyl sites for hydroxylation is 1. The molecule has 3 N–H and O–H groups in total. The molecule has 0 aliphatic heterocycles. The summed E-state index contributed by atoms with van der Waals surface area (Å²) in [4.78, 5) is 24.7. The van der Waals surface area contributed by atoms with Crippen molar-refractivity contribution < 1.29 is 14.3 Å². The van der Waals surface area contributed by atoms with E-state index in [2.05, 4.69) is 5.32 Å². The Kier molecular flexibility index (Phi) is 4.55. The fraction of sp³-hybridized carbons (Fsp3) is 0.538. The van der Waals surface area contributed by atoms with E-state index in [0.29, 0.717) is 17.2 Å². The van der Waals surface area contributed by atoms with Gasteiger partial charge in [-0.2, -0.15) is 0 Å². The summed E-state index contributed by atoms with van der Waals surface area (Å²) in [7, 11) is 0. The molecule has 0 unspecified atom stereocenters. The van der Waals surface area contributed by atoms with Crippen molar-refractivity contribution in [3.8, 4) is 0 Å². The molecule has 19 heavy (non-hydrogen) atoms. The van der Waals surface area contributed by atoms with Crippen molar-refractivity contribution >= 4 is 28.2 Å². The van der Waals surface area contributed by atoms with Crippen LogP contribution in [-0.2, 0) is 22.4 Å². The maximum atomic E-state index is 12.1. The van der Waals surface area contributed by atoms with Crippen molar-refractivity contribution in [3.63, 3.8) is 0 Å². The fourth-order valence-electron chi connectivity index (χ4n) is 2.25. The number of amides is 1. The first kappa shape index (κ1) is 14.0. The number of hydrogen-bond donors (Lipinski definition) is 2. The lowest BCUT2D eigenvalue weighted by molar-refractivity contribution is -0.114. The molecule has 6 heteroatoms. The molecule has 1 aliphatic rings. The highest BCUT2D eigenvalue weighted by molar-refractivity contribution is 7.17. The Labute approximate surface area is 116 Å². The van der Waals surface area contributed by atoms with Crippen molar-refractivity contribution in [1.29, 1.82) is 0 Å². The zero-order valence-corrected chi connectivity index (χ0v) is 11.8. The second kappa shape index (κ2) is 6.16. The van der Waals surface area contributed by atoms with Gasteiger partial charge in [-0.1, -0.05) is 0 Å². The van der Waals surface area contributed by atoms with E-state index in [-0.39, 0.29) is 18.4 Å². The molecule has 1 aromatic rings. The number of nitrogens with two attached hydrogens (primary N) is 1. The van der Waals surface area contributed by atoms with Gasteiger partial charge in [-0.05, 0) is 38.2 Å². The smallest absolute Gasteiger partial charge is 0.341 e. The van der Waals surface area contributed by atoms with Crippen molar-refractivity contribution in [1.82, 2.24) is 0 Å². The van der Waals surface area contributed by atoms with Crippen LogP contribution >= 0.6 is 11.3 Å². The second-order valence-electron chi connectivity index (χ2n) is 4.39. The van der Waals surface area contributed by atoms with Gasteiger partial charge in [-0.25, -0.2) is 4.79 Å². The number of thiophene rings is 1. The van der Waals surface area contributed by atoms with Crippen LogP contribution in [0.15, 0.2) is 0 Å². The van der Waals surface area contributed by atoms with E-state index in [1.54, 1.807) is 6.92 Å². The first-order valence-electron chi connectivity index (χ1n) is 6.49. The molecule has 1 amide bonds. The molecule has 1 heterocycles. The van der Waals surface area contributed by atoms with E-state index in [1.165, 1.54) is 16.2 Å². The molecule has 0 radical (unpaired) electrons. The Morgan fingerprint density at radius 3 is 2.79 bits per heavy atom. The minimum Gasteiger partial charge on any atom is -0.462 e. The highest BCUT2D eigenvalue weighted by atomic mass is 32.1. The largest absolute Gasteiger partial charge is 0.462 e. The molecule has 104 valence electrons. The topological polar surface area (TPSA) is 81.4 Å². The quantitative estimate of drug-likeness (QED) is 0.824. The lowest BCUT2D eigenvalue weighted by Gasteiger charge is -2.12. The van der Waals surface area contributed by atoms with Gasteiger partial charge in [0.2, 0.25) is 5.91 Å². The van der Waals surface area contributed by atoms with Gasteiger partial charge in [-0.3, -0.25) is 4.79 Å². The molecular weight excluding hydrogens is 264 g/mol. The number of fused-ring (bicyclic) bond motifs is 1. The molecule has 1 aromatic heterocycles. The summed E-state index contributed by atoms with van der Waals surface area (Å²) in [6, 6.07) is 0. The Morgan fingerprint density at radius 2 is 2.11 bits per heavy atom. The average molecular weight is 282 g/mol. The molecule has 1 aliphatic carbocycles. The third-order valence-electron chi connectivity index (χ3n) is 3.09. The normalized spacial score (nSPS) is 13.8. The van der Waals surface area contributed by atoms with Gasteiger partial charge in [0.05, 0.1) is 18.7 Å². The standard InChI is InChI=1S/C13H18N2O3S/c1-2-18-13(17)11-8-5-3-4-6-9(8)19-12(11)15-10(16)7-14/h2-7,14H2,1H3,(H,15,16). The molecule has 0 spiro atoms. The summed E-state index contributed by atoms with van der Waals surface area (Å²) in [5.41, 5.74) is 6.88. The third kappa shape index (κ3) is 2.96. The Bertz CT molecular complexity index is 496. The maximum absolute atomic E-state index is 12.1. The van der Waals surface area contributed by atoms with E-state index < -0.39 is 0 Å². The molecule has 0 saturated carbocycles. The highest BCUT2D eigenvalue weighted by Gasteiger charge is 2.26. The van der Waals surface area contributed by atoms with Gasteiger partial charge in [0.15, 0.2) is 0 Å². The van der Waals surface area contributed by atoms with Crippen LogP contribution in [0.2, 0.25) is 0 Å². The number of esters is 1. The summed E-state index contributed by atoms with van der Waals surface area (Å²) < 4.78 is 5.09. The SMILES string of the molecule is CCOC(=O)c1c(NC(=O)CN)sc2c1CCCC2. The van der Waals surface area contributed by atoms with Crippen molar-refractivity contribution in [3.05, 3.63) is 16.0 Å². The monoisotopic (exact) mass is 282 g/mol. The molecular formula is C13H18N2O3S. The van der Waals surface area contributed by atoms with E-state index >= 15 is 0 Å². The third-order valence-corrected chi connectivity index (χ3v) is 4.30. The maximum Gasteiger partial charge on any atom is 0.341 e. The van der Waals surface area contributed by atoms with E-state index in [1.807, 2.05) is 0 Å². The zero-order valence-electron chi connectivity index (χ0n) is 11.0. The number of nitrogens with one attached hydrogen (secondary N) is 1. The summed E-state index contributed by atoms with van der Waals surface area (Å²) >= 11 is 1.47. The van der Waals surface area contributed by atoms with Crippen LogP contribution < -0.4 is 11.1 Å². The molecule has 5 nitrogen and oxygen atoms in total. The predicted octanol–water partition coefficient (Wildman–Crippen LogP) is 1.70. The number of rotatable bonds is 4. The summed E-state index contributed by atoms with van der Waals surface area (Å²) in [6.45, 7) is 2.01. The number of hydrogen-bond acceptors (Lipinski definition) is 5. The van der Waals surface area contributed by atoms with Crippen LogP contribution in [0, 0.1) is 0 Å². The highest BCUT2D eigenvalue weighted by Crippen LogP contribution is 2.38. The van der Waals surface area contributed by atoms with Crippen LogP contribution in [0.25, 0.3) is 0 Å². The Hall–Kier alpha value is -1.40. The van der Waals surface area contributed by atoms with Gasteiger partial charge in [0, 0.05) is 4.88 Å². The number of ether oxygens (including phenoxy) is 1. The van der Waals surface area contributed by atoms with Crippen LogP contribution in [0.5, 0.6) is 0 Å². The van der Waals surface area contributed by atoms with Gasteiger partial charge in [-0.15, -0.1) is 11.3 Å². The van der Waals surface area contributed by atoms with Crippen molar-refractivity contribution in [2.75, 3.05) is 18.5 Å². The summed E-state index contributed by atoms with van der Waals surface area (Å²) in [6.07, 6.45) is 4.03. The molecule has 2 rings (SSSR count). The van der Waals surface area contributed by atoms with E-state index in [9.17, 15) is 9.59 Å². The Morgan fingerprint density at radius 1 is 1.37 bits per heavy atom. The first-order valence-corrected chi connectivity index (χ1v) is 7.30. The van der Waals surface area contributed by atoms with Gasteiger partial charge in [0.25, 0.3) is 0 Å². The molecule has 0 fully saturated rings. The van der Waals surface area contributed by atoms with Gasteiger partial charge >= 0.3 is 5.97 Å². The van der Waals surface area contributed by atoms with E-state index in [4.69, 9.17) is 10.5 Å². The molecule has 0 aromatic carbocycles. The second-order valence-corrected chi connectivity index (χ2v) is 5.49. The number of carbonyl (C=O) groups is 2. The predicted molar refractivity (Wildman–Crippen MR) is 74.6 cm³/mol. The first-order chi connectivity index (χ1) is 9.17. The summed E-state index contributed by atoms with van der Waals surface area (Å²) in [5.74, 6) is -0.640. The Balaban J connectivity index is 2.37. The summed E-state index contributed by atoms with van der Waals surface area (Å²) in [5, 5.41) is 3.29. The molecule has 0 saturated heterocycles. The zero-order chi connectivity index (χ0) is 13.8. The minimum absolute atomic E-state index is 0.0924. The molecule has 0 atom stereocenters. The van der Waals surface area contributed by atoms with Crippen molar-refractivity contribution in [2.45, 2.75) is 32.6 Å². The van der Waals surface area contributed by atoms with Crippen LogP contribution in [0.4, 0.5) is 5.00 Å². The van der Waals surface area contributed by atoms with Crippen LogP contribution in [0.3, 0.4) is 0 Å². The lowest BCUT2D eigenvalue weighted by Crippen LogP contribution is -2.22. The van der Waals surface area contributed by atoms with Crippen molar-refractivity contribution in [2.24, 2.45) is 5.73 Å². The lowest BCUT2D eigenvalue weighted by atomic mass is 9.95. The molecule has 0 bridgehead atoms. The number of anilines is 1. The van der Waals surface area contributed by atoms with Crippen LogP contribution in [0.1, 0.15) is 40.6 Å². The fourth-order valence-corrected chi connectivity index (χ4v) is 3.54. The van der Waals surface area contributed by atoms with Gasteiger partial charge in [0.1, 0.15) is 5.00 Å².